The van der Waals surface area contributed by atoms with Crippen LogP contribution < -0.4 is 0 Å². The highest BCUT2D eigenvalue weighted by atomic mass is 32.2. The second-order valence-electron chi connectivity index (χ2n) is 5.00. The highest BCUT2D eigenvalue weighted by Gasteiger charge is 2.30. The zero-order chi connectivity index (χ0) is 10.8. The monoisotopic (exact) mass is 227 g/mol. The van der Waals surface area contributed by atoms with Crippen molar-refractivity contribution in [2.75, 3.05) is 13.1 Å². The van der Waals surface area contributed by atoms with E-state index < -0.39 is 0 Å². The summed E-state index contributed by atoms with van der Waals surface area (Å²) < 4.78 is 0. The molecule has 0 aromatic heterocycles. The first-order chi connectivity index (χ1) is 7.15. The number of Topliss-reactive ketones (excluding diaryl/α,β-unsaturated/α-hetero) is 1. The van der Waals surface area contributed by atoms with Gasteiger partial charge in [-0.05, 0) is 12.8 Å². The summed E-state index contributed by atoms with van der Waals surface area (Å²) in [6.45, 7) is 6.95. The van der Waals surface area contributed by atoms with Crippen LogP contribution in [0, 0.1) is 0 Å². The SMILES string of the molecule is CC1CN(C2CCCC(=O)C2)CC(C)S1. The first-order valence-electron chi connectivity index (χ1n) is 6.06. The number of rotatable bonds is 1. The number of carbonyl (C=O) groups is 1. The van der Waals surface area contributed by atoms with Gasteiger partial charge in [-0.25, -0.2) is 0 Å². The summed E-state index contributed by atoms with van der Waals surface area (Å²) in [6.07, 6.45) is 3.97. The molecule has 0 bridgehead atoms. The molecular weight excluding hydrogens is 206 g/mol. The Morgan fingerprint density at radius 3 is 2.53 bits per heavy atom. The molecule has 0 N–H and O–H groups in total. The van der Waals surface area contributed by atoms with E-state index >= 15 is 0 Å². The molecule has 1 aliphatic heterocycles. The van der Waals surface area contributed by atoms with Gasteiger partial charge < -0.3 is 0 Å². The molecule has 1 saturated heterocycles. The Morgan fingerprint density at radius 2 is 1.93 bits per heavy atom. The van der Waals surface area contributed by atoms with Gasteiger partial charge in [0.15, 0.2) is 0 Å². The van der Waals surface area contributed by atoms with Gasteiger partial charge in [-0.3, -0.25) is 9.69 Å². The van der Waals surface area contributed by atoms with Crippen molar-refractivity contribution in [1.82, 2.24) is 4.90 Å². The molecule has 3 unspecified atom stereocenters. The summed E-state index contributed by atoms with van der Waals surface area (Å²) in [5, 5.41) is 1.46. The number of ketones is 1. The lowest BCUT2D eigenvalue weighted by Gasteiger charge is -2.40. The van der Waals surface area contributed by atoms with E-state index in [9.17, 15) is 4.79 Å². The van der Waals surface area contributed by atoms with Gasteiger partial charge in [0.05, 0.1) is 0 Å². The Labute approximate surface area is 96.8 Å². The minimum absolute atomic E-state index is 0.477. The molecule has 1 aliphatic carbocycles. The molecule has 2 rings (SSSR count). The van der Waals surface area contributed by atoms with Crippen molar-refractivity contribution in [3.8, 4) is 0 Å². The summed E-state index contributed by atoms with van der Waals surface area (Å²) >= 11 is 2.08. The van der Waals surface area contributed by atoms with E-state index in [0.717, 1.165) is 29.8 Å². The fourth-order valence-corrected chi connectivity index (χ4v) is 4.18. The molecule has 2 aliphatic rings. The van der Waals surface area contributed by atoms with Crippen molar-refractivity contribution in [1.29, 1.82) is 0 Å². The predicted octanol–water partition coefficient (Wildman–Crippen LogP) is 2.32. The number of nitrogens with zero attached hydrogens (tertiary/aromatic N) is 1. The smallest absolute Gasteiger partial charge is 0.134 e. The first-order valence-corrected chi connectivity index (χ1v) is 7.00. The van der Waals surface area contributed by atoms with Crippen LogP contribution in [-0.4, -0.2) is 40.3 Å². The largest absolute Gasteiger partial charge is 0.300 e. The molecule has 15 heavy (non-hydrogen) atoms. The Kier molecular flexibility index (Phi) is 3.73. The molecule has 86 valence electrons. The third-order valence-corrected chi connectivity index (χ3v) is 4.65. The highest BCUT2D eigenvalue weighted by molar-refractivity contribution is 8.00. The Bertz CT molecular complexity index is 234. The second-order valence-corrected chi connectivity index (χ2v) is 6.88. The molecule has 3 atom stereocenters. The molecule has 0 radical (unpaired) electrons. The summed E-state index contributed by atoms with van der Waals surface area (Å²) in [5.41, 5.74) is 0. The van der Waals surface area contributed by atoms with E-state index in [1.807, 2.05) is 0 Å². The van der Waals surface area contributed by atoms with E-state index in [-0.39, 0.29) is 0 Å². The molecule has 3 heteroatoms. The molecule has 0 amide bonds. The van der Waals surface area contributed by atoms with Crippen LogP contribution in [0.25, 0.3) is 0 Å². The third kappa shape index (κ3) is 2.97. The van der Waals surface area contributed by atoms with E-state index in [4.69, 9.17) is 0 Å². The van der Waals surface area contributed by atoms with Crippen molar-refractivity contribution in [2.45, 2.75) is 56.1 Å². The molecule has 2 nitrogen and oxygen atoms in total. The summed E-state index contributed by atoms with van der Waals surface area (Å²) in [7, 11) is 0. The Hall–Kier alpha value is -0.0200. The molecule has 0 spiro atoms. The van der Waals surface area contributed by atoms with Crippen LogP contribution in [0.4, 0.5) is 0 Å². The summed E-state index contributed by atoms with van der Waals surface area (Å²) in [5.74, 6) is 0.477. The molecule has 0 aromatic carbocycles. The van der Waals surface area contributed by atoms with Gasteiger partial charge in [-0.15, -0.1) is 0 Å². The van der Waals surface area contributed by atoms with E-state index in [2.05, 4.69) is 30.5 Å². The zero-order valence-corrected chi connectivity index (χ0v) is 10.6. The quantitative estimate of drug-likeness (QED) is 0.686. The average molecular weight is 227 g/mol. The van der Waals surface area contributed by atoms with Crippen LogP contribution in [0.2, 0.25) is 0 Å². The van der Waals surface area contributed by atoms with Gasteiger partial charge in [-0.2, -0.15) is 11.8 Å². The summed E-state index contributed by atoms with van der Waals surface area (Å²) in [6, 6.07) is 0.553. The number of hydrogen-bond donors (Lipinski definition) is 0. The van der Waals surface area contributed by atoms with Gasteiger partial charge in [0.1, 0.15) is 5.78 Å². The van der Waals surface area contributed by atoms with Crippen LogP contribution in [-0.2, 0) is 4.79 Å². The number of carbonyl (C=O) groups excluding carboxylic acids is 1. The molecule has 1 heterocycles. The lowest BCUT2D eigenvalue weighted by Crippen LogP contribution is -2.48. The standard InChI is InChI=1S/C12H21NOS/c1-9-7-13(8-10(2)15-9)11-4-3-5-12(14)6-11/h9-11H,3-8H2,1-2H3. The highest BCUT2D eigenvalue weighted by Crippen LogP contribution is 2.29. The fourth-order valence-electron chi connectivity index (χ4n) is 2.83. The molecule has 0 aromatic rings. The zero-order valence-electron chi connectivity index (χ0n) is 9.74. The van der Waals surface area contributed by atoms with Crippen LogP contribution in [0.15, 0.2) is 0 Å². The van der Waals surface area contributed by atoms with Gasteiger partial charge in [0.25, 0.3) is 0 Å². The van der Waals surface area contributed by atoms with Crippen molar-refractivity contribution in [3.05, 3.63) is 0 Å². The number of thioether (sulfide) groups is 1. The Morgan fingerprint density at radius 1 is 1.27 bits per heavy atom. The van der Waals surface area contributed by atoms with Gasteiger partial charge in [0.2, 0.25) is 0 Å². The minimum atomic E-state index is 0.477. The van der Waals surface area contributed by atoms with Gasteiger partial charge in [-0.1, -0.05) is 13.8 Å². The average Bonchev–Trinajstić information content (AvgIpc) is 2.16. The van der Waals surface area contributed by atoms with Gasteiger partial charge >= 0.3 is 0 Å². The first kappa shape index (κ1) is 11.5. The summed E-state index contributed by atoms with van der Waals surface area (Å²) in [4.78, 5) is 14.0. The predicted molar refractivity (Wildman–Crippen MR) is 65.4 cm³/mol. The fraction of sp³-hybridized carbons (Fsp3) is 0.917. The maximum Gasteiger partial charge on any atom is 0.134 e. The van der Waals surface area contributed by atoms with Crippen molar-refractivity contribution in [3.63, 3.8) is 0 Å². The lowest BCUT2D eigenvalue weighted by molar-refractivity contribution is -0.122. The van der Waals surface area contributed by atoms with E-state index in [0.29, 0.717) is 11.8 Å². The maximum absolute atomic E-state index is 11.4. The van der Waals surface area contributed by atoms with Crippen molar-refractivity contribution >= 4 is 17.5 Å². The van der Waals surface area contributed by atoms with Crippen molar-refractivity contribution < 1.29 is 4.79 Å². The van der Waals surface area contributed by atoms with Crippen molar-refractivity contribution in [2.24, 2.45) is 0 Å². The van der Waals surface area contributed by atoms with Crippen LogP contribution in [0.3, 0.4) is 0 Å². The topological polar surface area (TPSA) is 20.3 Å². The molecular formula is C12H21NOS. The minimum Gasteiger partial charge on any atom is -0.300 e. The number of hydrogen-bond acceptors (Lipinski definition) is 3. The van der Waals surface area contributed by atoms with Crippen LogP contribution >= 0.6 is 11.8 Å². The normalized spacial score (nSPS) is 39.3. The third-order valence-electron chi connectivity index (χ3n) is 3.42. The lowest BCUT2D eigenvalue weighted by atomic mass is 9.93. The van der Waals surface area contributed by atoms with E-state index in [1.54, 1.807) is 0 Å². The second kappa shape index (κ2) is 4.88. The maximum atomic E-state index is 11.4. The van der Waals surface area contributed by atoms with Crippen LogP contribution in [0.1, 0.15) is 39.5 Å². The van der Waals surface area contributed by atoms with Crippen LogP contribution in [0.5, 0.6) is 0 Å². The van der Waals surface area contributed by atoms with E-state index in [1.165, 1.54) is 19.5 Å². The molecule has 2 fully saturated rings. The van der Waals surface area contributed by atoms with Gasteiger partial charge in [0, 0.05) is 42.5 Å². The molecule has 1 saturated carbocycles. The Balaban J connectivity index is 1.93.